The number of para-hydroxylation sites is 2. The lowest BCUT2D eigenvalue weighted by Gasteiger charge is -2.16. The van der Waals surface area contributed by atoms with Gasteiger partial charge in [0, 0.05) is 21.7 Å². The lowest BCUT2D eigenvalue weighted by atomic mass is 10.2. The van der Waals surface area contributed by atoms with Gasteiger partial charge in [-0.25, -0.2) is 0 Å². The molecule has 0 spiro atoms. The minimum absolute atomic E-state index is 0.0326. The second-order valence-electron chi connectivity index (χ2n) is 4.97. The second-order valence-corrected chi connectivity index (χ2v) is 5.41. The standard InChI is InChI=1S/C16H12ClN3O3/c1-10-15(16(21)18-12-8-6-11(17)7-9-12)20(23)14-5-3-2-4-13(14)19(10)22/h2-9H,1H3,(H,18,21). The van der Waals surface area contributed by atoms with E-state index in [-0.39, 0.29) is 22.4 Å². The topological polar surface area (TPSA) is 80.1 Å². The summed E-state index contributed by atoms with van der Waals surface area (Å²) in [4.78, 5) is 24.9. The fourth-order valence-electron chi connectivity index (χ4n) is 2.33. The fourth-order valence-corrected chi connectivity index (χ4v) is 2.46. The summed E-state index contributed by atoms with van der Waals surface area (Å²) >= 11 is 5.79. The molecule has 1 amide bonds. The Bertz CT molecular complexity index is 965. The van der Waals surface area contributed by atoms with Crippen molar-refractivity contribution >= 4 is 34.2 Å². The van der Waals surface area contributed by atoms with Gasteiger partial charge >= 0.3 is 11.6 Å². The van der Waals surface area contributed by atoms with Gasteiger partial charge in [-0.05, 0) is 37.3 Å². The van der Waals surface area contributed by atoms with Gasteiger partial charge in [-0.3, -0.25) is 4.79 Å². The Morgan fingerprint density at radius 3 is 2.52 bits per heavy atom. The van der Waals surface area contributed by atoms with Gasteiger partial charge in [0.25, 0.3) is 5.52 Å². The summed E-state index contributed by atoms with van der Waals surface area (Å²) in [6.07, 6.45) is 0. The van der Waals surface area contributed by atoms with Crippen LogP contribution in [-0.4, -0.2) is 10.6 Å². The molecule has 3 rings (SSSR count). The van der Waals surface area contributed by atoms with Gasteiger partial charge in [0.2, 0.25) is 0 Å². The number of amides is 1. The third-order valence-corrected chi connectivity index (χ3v) is 3.74. The summed E-state index contributed by atoms with van der Waals surface area (Å²) in [6, 6.07) is 12.8. The molecule has 0 fully saturated rings. The van der Waals surface area contributed by atoms with Crippen LogP contribution >= 0.6 is 11.6 Å². The van der Waals surface area contributed by atoms with E-state index in [9.17, 15) is 14.9 Å². The first-order valence-corrected chi connectivity index (χ1v) is 7.18. The maximum Gasteiger partial charge on any atom is 0.346 e. The van der Waals surface area contributed by atoms with E-state index in [1.807, 2.05) is 0 Å². The van der Waals surface area contributed by atoms with Crippen LogP contribution < -0.4 is 9.74 Å². The molecule has 7 heteroatoms. The highest BCUT2D eigenvalue weighted by Gasteiger charge is 2.26. The van der Waals surface area contributed by atoms with Crippen LogP contribution in [0, 0.1) is 17.0 Å². The summed E-state index contributed by atoms with van der Waals surface area (Å²) in [5, 5.41) is 15.4. The average Bonchev–Trinajstić information content (AvgIpc) is 2.55. The smallest absolute Gasteiger partial charge is 0.346 e. The monoisotopic (exact) mass is 329 g/mol. The van der Waals surface area contributed by atoms with Crippen molar-refractivity contribution in [2.24, 2.45) is 0 Å². The highest BCUT2D eigenvalue weighted by Crippen LogP contribution is 2.17. The second kappa shape index (κ2) is 5.73. The van der Waals surface area contributed by atoms with E-state index in [1.165, 1.54) is 19.1 Å². The normalized spacial score (nSPS) is 10.7. The molecule has 0 aliphatic rings. The van der Waals surface area contributed by atoms with Crippen molar-refractivity contribution in [1.29, 1.82) is 0 Å². The first kappa shape index (κ1) is 15.1. The maximum atomic E-state index is 12.5. The summed E-state index contributed by atoms with van der Waals surface area (Å²) in [6.45, 7) is 1.44. The van der Waals surface area contributed by atoms with Gasteiger partial charge in [0.05, 0.1) is 10.1 Å². The Labute approximate surface area is 136 Å². The molecule has 1 heterocycles. The SMILES string of the molecule is Cc1c(C(=O)Nc2ccc(Cl)cc2)[n+](=O)c2ccccc2n1[O-]. The van der Waals surface area contributed by atoms with E-state index in [0.29, 0.717) is 19.9 Å². The molecule has 1 N–H and O–H groups in total. The van der Waals surface area contributed by atoms with Gasteiger partial charge in [0.1, 0.15) is 5.52 Å². The number of carbonyl (C=O) groups excluding carboxylic acids is 1. The minimum atomic E-state index is -0.657. The van der Waals surface area contributed by atoms with Crippen LogP contribution in [0.1, 0.15) is 16.2 Å². The molecule has 3 aromatic rings. The maximum absolute atomic E-state index is 12.5. The van der Waals surface area contributed by atoms with Gasteiger partial charge in [-0.15, -0.1) is 0 Å². The lowest BCUT2D eigenvalue weighted by molar-refractivity contribution is -0.468. The zero-order valence-corrected chi connectivity index (χ0v) is 12.9. The Morgan fingerprint density at radius 2 is 1.83 bits per heavy atom. The first-order valence-electron chi connectivity index (χ1n) is 6.80. The molecule has 0 bridgehead atoms. The fraction of sp³-hybridized carbons (Fsp3) is 0.0625. The highest BCUT2D eigenvalue weighted by atomic mass is 35.5. The van der Waals surface area contributed by atoms with E-state index in [0.717, 1.165) is 0 Å². The van der Waals surface area contributed by atoms with Crippen molar-refractivity contribution in [3.63, 3.8) is 0 Å². The number of hydrogen-bond donors (Lipinski definition) is 1. The summed E-state index contributed by atoms with van der Waals surface area (Å²) in [7, 11) is 0. The number of fused-ring (bicyclic) bond motifs is 1. The number of nitrogens with zero attached hydrogens (tertiary/aromatic N) is 2. The van der Waals surface area contributed by atoms with E-state index >= 15 is 0 Å². The van der Waals surface area contributed by atoms with Crippen LogP contribution in [0.25, 0.3) is 11.0 Å². The van der Waals surface area contributed by atoms with Gasteiger partial charge in [-0.2, -0.15) is 0 Å². The van der Waals surface area contributed by atoms with Crippen molar-refractivity contribution in [2.45, 2.75) is 6.92 Å². The number of rotatable bonds is 2. The first-order chi connectivity index (χ1) is 11.0. The predicted octanol–water partition coefficient (Wildman–Crippen LogP) is 3.12. The number of nitrogens with one attached hydrogen (secondary N) is 1. The molecule has 6 nitrogen and oxygen atoms in total. The van der Waals surface area contributed by atoms with E-state index in [2.05, 4.69) is 5.32 Å². The Balaban J connectivity index is 2.10. The quantitative estimate of drug-likeness (QED) is 0.733. The average molecular weight is 330 g/mol. The zero-order valence-electron chi connectivity index (χ0n) is 12.1. The Kier molecular flexibility index (Phi) is 3.75. The number of benzene rings is 2. The van der Waals surface area contributed by atoms with Crippen molar-refractivity contribution in [1.82, 2.24) is 4.73 Å². The van der Waals surface area contributed by atoms with E-state index in [4.69, 9.17) is 11.6 Å². The third-order valence-electron chi connectivity index (χ3n) is 3.49. The number of hydrogen-bond acceptors (Lipinski definition) is 3. The van der Waals surface area contributed by atoms with Crippen molar-refractivity contribution in [2.75, 3.05) is 5.32 Å². The largest absolute Gasteiger partial charge is 0.805 e. The zero-order chi connectivity index (χ0) is 16.6. The lowest BCUT2D eigenvalue weighted by Crippen LogP contribution is -2.33. The summed E-state index contributed by atoms with van der Waals surface area (Å²) in [5.74, 6) is -0.657. The number of halogens is 1. The molecule has 2 aromatic carbocycles. The number of anilines is 1. The molecule has 0 radical (unpaired) electrons. The van der Waals surface area contributed by atoms with Crippen LogP contribution in [0.5, 0.6) is 0 Å². The molecule has 0 aliphatic heterocycles. The molecule has 0 aliphatic carbocycles. The molecular formula is C16H12ClN3O3. The minimum Gasteiger partial charge on any atom is -0.805 e. The van der Waals surface area contributed by atoms with Crippen LogP contribution in [0.2, 0.25) is 5.02 Å². The molecule has 23 heavy (non-hydrogen) atoms. The van der Waals surface area contributed by atoms with E-state index < -0.39 is 5.91 Å². The number of carbonyl (C=O) groups is 1. The third kappa shape index (κ3) is 2.64. The summed E-state index contributed by atoms with van der Waals surface area (Å²) in [5.41, 5.74) is 0.612. The predicted molar refractivity (Wildman–Crippen MR) is 88.2 cm³/mol. The van der Waals surface area contributed by atoms with Crippen LogP contribution in [0.4, 0.5) is 5.69 Å². The molecule has 0 saturated heterocycles. The summed E-state index contributed by atoms with van der Waals surface area (Å²) < 4.78 is 1.06. The van der Waals surface area contributed by atoms with E-state index in [1.54, 1.807) is 36.4 Å². The molecule has 0 unspecified atom stereocenters. The Morgan fingerprint density at radius 1 is 1.17 bits per heavy atom. The van der Waals surface area contributed by atoms with Crippen LogP contribution in [0.3, 0.4) is 0 Å². The van der Waals surface area contributed by atoms with Crippen LogP contribution in [0.15, 0.2) is 48.5 Å². The Hall–Kier alpha value is -2.86. The molecule has 116 valence electrons. The molecular weight excluding hydrogens is 318 g/mol. The van der Waals surface area contributed by atoms with Crippen molar-refractivity contribution in [3.8, 4) is 0 Å². The molecule has 0 atom stereocenters. The van der Waals surface area contributed by atoms with Crippen molar-refractivity contribution < 1.29 is 9.22 Å². The van der Waals surface area contributed by atoms with Crippen LogP contribution in [-0.2, 0) is 0 Å². The molecule has 0 saturated carbocycles. The molecule has 1 aromatic heterocycles. The van der Waals surface area contributed by atoms with Crippen molar-refractivity contribution in [3.05, 3.63) is 75.1 Å². The van der Waals surface area contributed by atoms with Gasteiger partial charge in [0.15, 0.2) is 0 Å². The van der Waals surface area contributed by atoms with Gasteiger partial charge < -0.3 is 15.3 Å². The van der Waals surface area contributed by atoms with Gasteiger partial charge in [-0.1, -0.05) is 23.7 Å². The number of aromatic nitrogens is 2. The highest BCUT2D eigenvalue weighted by molar-refractivity contribution is 6.30.